The van der Waals surface area contributed by atoms with Crippen LogP contribution in [0.25, 0.3) is 0 Å². The lowest BCUT2D eigenvalue weighted by Crippen LogP contribution is -1.83. The molecule has 0 aromatic heterocycles. The van der Waals surface area contributed by atoms with Crippen LogP contribution in [0.15, 0.2) is 58.5 Å². The van der Waals surface area contributed by atoms with E-state index >= 15 is 0 Å². The van der Waals surface area contributed by atoms with E-state index in [1.54, 1.807) is 0 Å². The zero-order valence-electron chi connectivity index (χ0n) is 14.2. The van der Waals surface area contributed by atoms with Gasteiger partial charge in [-0.3, -0.25) is 9.98 Å². The number of aliphatic imine (C=N–C) groups is 2. The molecule has 0 unspecified atom stereocenters. The molecule has 3 aromatic rings. The number of phenolic OH excluding ortho intramolecular Hbond substituents is 4. The summed E-state index contributed by atoms with van der Waals surface area (Å²) in [6.07, 6.45) is 2.79. The molecular formula is C20H14Cl2N2O4. The predicted octanol–water partition coefficient (Wildman–Crippen LogP) is 5.32. The van der Waals surface area contributed by atoms with Gasteiger partial charge in [-0.2, -0.15) is 0 Å². The number of aromatic hydroxyl groups is 4. The molecule has 3 rings (SSSR count). The molecule has 3 aromatic carbocycles. The molecule has 0 saturated carbocycles. The van der Waals surface area contributed by atoms with Gasteiger partial charge in [-0.15, -0.1) is 0 Å². The summed E-state index contributed by atoms with van der Waals surface area (Å²) in [5.74, 6) is -0.364. The molecule has 0 fully saturated rings. The first-order valence-corrected chi connectivity index (χ1v) is 8.70. The van der Waals surface area contributed by atoms with Crippen LogP contribution >= 0.6 is 23.2 Å². The van der Waals surface area contributed by atoms with Crippen LogP contribution in [0.2, 0.25) is 10.0 Å². The van der Waals surface area contributed by atoms with Crippen molar-refractivity contribution in [3.63, 3.8) is 0 Å². The summed E-state index contributed by atoms with van der Waals surface area (Å²) < 4.78 is 0. The van der Waals surface area contributed by atoms with Crippen molar-refractivity contribution in [1.29, 1.82) is 0 Å². The first-order chi connectivity index (χ1) is 13.3. The van der Waals surface area contributed by atoms with Crippen LogP contribution in [0.5, 0.6) is 23.0 Å². The number of hydrogen-bond donors (Lipinski definition) is 4. The second-order valence-electron chi connectivity index (χ2n) is 5.76. The largest absolute Gasteiger partial charge is 0.508 e. The topological polar surface area (TPSA) is 106 Å². The number of rotatable bonds is 4. The van der Waals surface area contributed by atoms with Crippen LogP contribution in [0.3, 0.4) is 0 Å². The summed E-state index contributed by atoms with van der Waals surface area (Å²) in [6, 6.07) is 11.3. The normalized spacial score (nSPS) is 11.5. The van der Waals surface area contributed by atoms with Crippen LogP contribution < -0.4 is 0 Å². The van der Waals surface area contributed by atoms with Gasteiger partial charge in [0.15, 0.2) is 0 Å². The summed E-state index contributed by atoms with van der Waals surface area (Å²) in [6.45, 7) is 0. The molecule has 0 aliphatic carbocycles. The molecule has 0 amide bonds. The smallest absolute Gasteiger partial charge is 0.128 e. The van der Waals surface area contributed by atoms with Crippen molar-refractivity contribution in [2.75, 3.05) is 0 Å². The standard InChI is InChI=1S/C20H14Cl2N2O4/c21-15-8-18(24-10-12-2-4-14(26)6-20(12)28)16(22)7-17(15)23-9-11-1-3-13(25)5-19(11)27/h1-10,25-28H. The first-order valence-electron chi connectivity index (χ1n) is 7.94. The zero-order chi connectivity index (χ0) is 20.3. The highest BCUT2D eigenvalue weighted by atomic mass is 35.5. The molecule has 28 heavy (non-hydrogen) atoms. The van der Waals surface area contributed by atoms with Gasteiger partial charge in [0.2, 0.25) is 0 Å². The van der Waals surface area contributed by atoms with Gasteiger partial charge in [-0.1, -0.05) is 23.2 Å². The summed E-state index contributed by atoms with van der Waals surface area (Å²) in [5, 5.41) is 38.8. The van der Waals surface area contributed by atoms with E-state index in [1.165, 1.54) is 61.0 Å². The van der Waals surface area contributed by atoms with Gasteiger partial charge < -0.3 is 20.4 Å². The Bertz CT molecular complexity index is 1010. The van der Waals surface area contributed by atoms with Crippen molar-refractivity contribution in [3.05, 3.63) is 69.7 Å². The third kappa shape index (κ3) is 4.54. The molecule has 0 aliphatic heterocycles. The molecule has 0 saturated heterocycles. The lowest BCUT2D eigenvalue weighted by Gasteiger charge is -2.04. The molecule has 0 atom stereocenters. The number of phenols is 4. The average molecular weight is 417 g/mol. The van der Waals surface area contributed by atoms with E-state index < -0.39 is 0 Å². The van der Waals surface area contributed by atoms with Gasteiger partial charge in [-0.25, -0.2) is 0 Å². The third-order valence-corrected chi connectivity index (χ3v) is 4.34. The van der Waals surface area contributed by atoms with Crippen molar-refractivity contribution in [1.82, 2.24) is 0 Å². The monoisotopic (exact) mass is 416 g/mol. The Morgan fingerprint density at radius 1 is 0.607 bits per heavy atom. The quantitative estimate of drug-likeness (QED) is 0.432. The molecule has 4 N–H and O–H groups in total. The lowest BCUT2D eigenvalue weighted by molar-refractivity contribution is 0.449. The average Bonchev–Trinajstić information content (AvgIpc) is 2.63. The molecule has 0 aliphatic rings. The Hall–Kier alpha value is -3.22. The predicted molar refractivity (Wildman–Crippen MR) is 111 cm³/mol. The highest BCUT2D eigenvalue weighted by molar-refractivity contribution is 6.37. The van der Waals surface area contributed by atoms with E-state index in [1.807, 2.05) is 0 Å². The number of hydrogen-bond acceptors (Lipinski definition) is 6. The fraction of sp³-hybridized carbons (Fsp3) is 0. The minimum atomic E-state index is -0.124. The van der Waals surface area contributed by atoms with E-state index in [2.05, 4.69) is 9.98 Å². The summed E-state index contributed by atoms with van der Waals surface area (Å²) >= 11 is 12.5. The van der Waals surface area contributed by atoms with Crippen molar-refractivity contribution >= 4 is 47.0 Å². The molecule has 0 spiro atoms. The highest BCUT2D eigenvalue weighted by Gasteiger charge is 2.07. The lowest BCUT2D eigenvalue weighted by atomic mass is 10.2. The highest BCUT2D eigenvalue weighted by Crippen LogP contribution is 2.36. The second-order valence-corrected chi connectivity index (χ2v) is 6.57. The molecule has 142 valence electrons. The van der Waals surface area contributed by atoms with Crippen molar-refractivity contribution in [2.24, 2.45) is 9.98 Å². The molecule has 0 radical (unpaired) electrons. The molecule has 0 bridgehead atoms. The van der Waals surface area contributed by atoms with Gasteiger partial charge in [0.05, 0.1) is 21.4 Å². The van der Waals surface area contributed by atoms with E-state index in [9.17, 15) is 20.4 Å². The van der Waals surface area contributed by atoms with Crippen LogP contribution in [0.4, 0.5) is 11.4 Å². The maximum absolute atomic E-state index is 9.79. The van der Waals surface area contributed by atoms with E-state index in [-0.39, 0.29) is 33.0 Å². The zero-order valence-corrected chi connectivity index (χ0v) is 15.7. The SMILES string of the molecule is Oc1ccc(C=Nc2cc(Cl)c(N=Cc3ccc(O)cc3O)cc2Cl)c(O)c1. The van der Waals surface area contributed by atoms with Gasteiger partial charge >= 0.3 is 0 Å². The molecule has 6 nitrogen and oxygen atoms in total. The van der Waals surface area contributed by atoms with E-state index in [0.29, 0.717) is 22.5 Å². The Morgan fingerprint density at radius 2 is 1.00 bits per heavy atom. The Morgan fingerprint density at radius 3 is 1.36 bits per heavy atom. The maximum atomic E-state index is 9.79. The fourth-order valence-electron chi connectivity index (χ4n) is 2.28. The van der Waals surface area contributed by atoms with Crippen molar-refractivity contribution in [3.8, 4) is 23.0 Å². The minimum absolute atomic E-state index is 0.0578. The first kappa shape index (κ1) is 19.5. The summed E-state index contributed by atoms with van der Waals surface area (Å²) in [4.78, 5) is 8.42. The van der Waals surface area contributed by atoms with Crippen LogP contribution in [-0.4, -0.2) is 32.9 Å². The van der Waals surface area contributed by atoms with Gasteiger partial charge in [-0.05, 0) is 36.4 Å². The Labute approximate surface area is 170 Å². The second kappa shape index (κ2) is 8.21. The Kier molecular flexibility index (Phi) is 5.73. The van der Waals surface area contributed by atoms with Gasteiger partial charge in [0, 0.05) is 35.7 Å². The number of halogens is 2. The van der Waals surface area contributed by atoms with Crippen molar-refractivity contribution < 1.29 is 20.4 Å². The fourth-order valence-corrected chi connectivity index (χ4v) is 2.70. The minimum Gasteiger partial charge on any atom is -0.508 e. The van der Waals surface area contributed by atoms with Crippen LogP contribution in [0, 0.1) is 0 Å². The van der Waals surface area contributed by atoms with Gasteiger partial charge in [0.1, 0.15) is 23.0 Å². The van der Waals surface area contributed by atoms with Gasteiger partial charge in [0.25, 0.3) is 0 Å². The maximum Gasteiger partial charge on any atom is 0.128 e. The number of benzene rings is 3. The summed E-state index contributed by atoms with van der Waals surface area (Å²) in [7, 11) is 0. The molecule has 0 heterocycles. The summed E-state index contributed by atoms with van der Waals surface area (Å²) in [5.41, 5.74) is 1.53. The van der Waals surface area contributed by atoms with Crippen LogP contribution in [0.1, 0.15) is 11.1 Å². The number of nitrogens with zero attached hydrogens (tertiary/aromatic N) is 2. The molecular weight excluding hydrogens is 403 g/mol. The van der Waals surface area contributed by atoms with E-state index in [0.717, 1.165) is 0 Å². The Balaban J connectivity index is 1.86. The molecule has 8 heteroatoms. The third-order valence-electron chi connectivity index (χ3n) is 3.73. The van der Waals surface area contributed by atoms with Crippen molar-refractivity contribution in [2.45, 2.75) is 0 Å². The van der Waals surface area contributed by atoms with E-state index in [4.69, 9.17) is 23.2 Å². The van der Waals surface area contributed by atoms with Crippen LogP contribution in [-0.2, 0) is 0 Å².